The monoisotopic (exact) mass is 388 g/mol. The van der Waals surface area contributed by atoms with Crippen LogP contribution in [-0.4, -0.2) is 42.5 Å². The van der Waals surface area contributed by atoms with E-state index in [9.17, 15) is 9.59 Å². The molecule has 150 valence electrons. The molecule has 2 atom stereocenters. The lowest BCUT2D eigenvalue weighted by molar-refractivity contribution is -0.124. The predicted octanol–water partition coefficient (Wildman–Crippen LogP) is 3.11. The van der Waals surface area contributed by atoms with Gasteiger partial charge in [0.1, 0.15) is 18.1 Å². The van der Waals surface area contributed by atoms with Gasteiger partial charge in [-0.3, -0.25) is 4.79 Å². The van der Waals surface area contributed by atoms with E-state index in [-0.39, 0.29) is 11.9 Å². The van der Waals surface area contributed by atoms with E-state index in [0.29, 0.717) is 30.1 Å². The van der Waals surface area contributed by atoms with Crippen molar-refractivity contribution in [2.24, 2.45) is 0 Å². The maximum absolute atomic E-state index is 12.4. The summed E-state index contributed by atoms with van der Waals surface area (Å²) in [6, 6.07) is 8.20. The van der Waals surface area contributed by atoms with Crippen molar-refractivity contribution in [1.29, 1.82) is 0 Å². The number of rotatable bonds is 8. The second-order valence-corrected chi connectivity index (χ2v) is 6.58. The van der Waals surface area contributed by atoms with Crippen LogP contribution in [0.2, 0.25) is 0 Å². The Morgan fingerprint density at radius 2 is 2.11 bits per heavy atom. The molecule has 0 radical (unpaired) electrons. The zero-order valence-electron chi connectivity index (χ0n) is 16.0. The summed E-state index contributed by atoms with van der Waals surface area (Å²) in [5, 5.41) is 6.27. The number of ether oxygens (including phenoxy) is 3. The van der Waals surface area contributed by atoms with E-state index in [2.05, 4.69) is 10.5 Å². The van der Waals surface area contributed by atoms with Crippen LogP contribution in [0.15, 0.2) is 34.9 Å². The lowest BCUT2D eigenvalue weighted by Gasteiger charge is -2.15. The number of amides is 1. The summed E-state index contributed by atoms with van der Waals surface area (Å²) >= 11 is 0. The van der Waals surface area contributed by atoms with Crippen molar-refractivity contribution in [1.82, 2.24) is 5.16 Å². The van der Waals surface area contributed by atoms with Gasteiger partial charge in [0, 0.05) is 12.7 Å². The van der Waals surface area contributed by atoms with Gasteiger partial charge in [-0.1, -0.05) is 12.1 Å². The van der Waals surface area contributed by atoms with Crippen LogP contribution in [0, 0.1) is 6.92 Å². The topological polar surface area (TPSA) is 99.9 Å². The third kappa shape index (κ3) is 5.32. The summed E-state index contributed by atoms with van der Waals surface area (Å²) < 4.78 is 21.4. The molecule has 3 rings (SSSR count). The van der Waals surface area contributed by atoms with E-state index < -0.39 is 18.0 Å². The van der Waals surface area contributed by atoms with Crippen molar-refractivity contribution in [3.8, 4) is 5.75 Å². The molecule has 1 aliphatic heterocycles. The molecule has 0 saturated carbocycles. The summed E-state index contributed by atoms with van der Waals surface area (Å²) in [6.45, 7) is 4.74. The smallest absolute Gasteiger partial charge is 0.338 e. The molecule has 0 bridgehead atoms. The highest BCUT2D eigenvalue weighted by Gasteiger charge is 2.23. The minimum Gasteiger partial charge on any atom is -0.491 e. The van der Waals surface area contributed by atoms with Gasteiger partial charge in [0.05, 0.1) is 11.7 Å². The van der Waals surface area contributed by atoms with Gasteiger partial charge in [-0.05, 0) is 50.5 Å². The highest BCUT2D eigenvalue weighted by Crippen LogP contribution is 2.18. The average Bonchev–Trinajstić information content (AvgIpc) is 3.36. The number of aryl methyl sites for hydroxylation is 1. The summed E-state index contributed by atoms with van der Waals surface area (Å²) in [4.78, 5) is 24.6. The van der Waals surface area contributed by atoms with Crippen molar-refractivity contribution in [2.45, 2.75) is 45.3 Å². The fraction of sp³-hybridized carbons (Fsp3) is 0.450. The van der Waals surface area contributed by atoms with E-state index >= 15 is 0 Å². The van der Waals surface area contributed by atoms with Gasteiger partial charge in [0.15, 0.2) is 11.9 Å². The average molecular weight is 388 g/mol. The van der Waals surface area contributed by atoms with Gasteiger partial charge in [-0.15, -0.1) is 0 Å². The van der Waals surface area contributed by atoms with Gasteiger partial charge in [-0.2, -0.15) is 0 Å². The molecule has 1 N–H and O–H groups in total. The SMILES string of the molecule is CCC(OC(=O)c1ccc(OCC2CCCO2)cc1)C(=O)Nc1cc(C)on1. The van der Waals surface area contributed by atoms with Crippen molar-refractivity contribution in [3.05, 3.63) is 41.7 Å². The number of esters is 1. The van der Waals surface area contributed by atoms with Crippen molar-refractivity contribution >= 4 is 17.7 Å². The number of anilines is 1. The molecule has 8 heteroatoms. The molecule has 1 amide bonds. The van der Waals surface area contributed by atoms with Crippen molar-refractivity contribution < 1.29 is 28.3 Å². The van der Waals surface area contributed by atoms with Crippen LogP contribution in [0.25, 0.3) is 0 Å². The number of aromatic nitrogens is 1. The van der Waals surface area contributed by atoms with Crippen LogP contribution in [-0.2, 0) is 14.3 Å². The first kappa shape index (κ1) is 19.9. The molecule has 0 aliphatic carbocycles. The Bertz CT molecular complexity index is 795. The van der Waals surface area contributed by atoms with Gasteiger partial charge < -0.3 is 24.1 Å². The minimum atomic E-state index is -0.931. The van der Waals surface area contributed by atoms with Crippen LogP contribution in [0.1, 0.15) is 42.3 Å². The number of nitrogens with zero attached hydrogens (tertiary/aromatic N) is 1. The fourth-order valence-corrected chi connectivity index (χ4v) is 2.80. The lowest BCUT2D eigenvalue weighted by atomic mass is 10.2. The largest absolute Gasteiger partial charge is 0.491 e. The van der Waals surface area contributed by atoms with Gasteiger partial charge in [0.2, 0.25) is 0 Å². The number of nitrogens with one attached hydrogen (secondary N) is 1. The molecule has 1 fully saturated rings. The van der Waals surface area contributed by atoms with Crippen molar-refractivity contribution in [3.63, 3.8) is 0 Å². The number of benzene rings is 1. The molecule has 2 aromatic rings. The molecule has 1 aromatic heterocycles. The summed E-state index contributed by atoms with van der Waals surface area (Å²) in [5.74, 6) is 0.467. The standard InChI is InChI=1S/C20H24N2O6/c1-3-17(19(23)21-18-11-13(2)28-22-18)27-20(24)14-6-8-15(9-7-14)26-12-16-5-4-10-25-16/h6-9,11,16-17H,3-5,10,12H2,1-2H3,(H,21,22,23). The Morgan fingerprint density at radius 3 is 2.71 bits per heavy atom. The first-order valence-corrected chi connectivity index (χ1v) is 9.34. The Balaban J connectivity index is 1.52. The van der Waals surface area contributed by atoms with E-state index in [4.69, 9.17) is 18.7 Å². The Labute approximate surface area is 163 Å². The Hall–Kier alpha value is -2.87. The first-order chi connectivity index (χ1) is 13.5. The van der Waals surface area contributed by atoms with Crippen LogP contribution in [0.3, 0.4) is 0 Å². The maximum atomic E-state index is 12.4. The minimum absolute atomic E-state index is 0.127. The Kier molecular flexibility index (Phi) is 6.65. The second kappa shape index (κ2) is 9.36. The third-order valence-electron chi connectivity index (χ3n) is 4.34. The van der Waals surface area contributed by atoms with Crippen LogP contribution in [0.4, 0.5) is 5.82 Å². The normalized spacial score (nSPS) is 17.1. The fourth-order valence-electron chi connectivity index (χ4n) is 2.80. The van der Waals surface area contributed by atoms with E-state index in [1.807, 2.05) is 0 Å². The first-order valence-electron chi connectivity index (χ1n) is 9.34. The second-order valence-electron chi connectivity index (χ2n) is 6.58. The third-order valence-corrected chi connectivity index (χ3v) is 4.34. The zero-order chi connectivity index (χ0) is 19.9. The molecule has 1 saturated heterocycles. The molecule has 0 spiro atoms. The molecular formula is C20H24N2O6. The molecule has 8 nitrogen and oxygen atoms in total. The van der Waals surface area contributed by atoms with Gasteiger partial charge >= 0.3 is 5.97 Å². The molecule has 1 aliphatic rings. The van der Waals surface area contributed by atoms with E-state index in [0.717, 1.165) is 19.4 Å². The van der Waals surface area contributed by atoms with Crippen LogP contribution < -0.4 is 10.1 Å². The summed E-state index contributed by atoms with van der Waals surface area (Å²) in [7, 11) is 0. The number of hydrogen-bond donors (Lipinski definition) is 1. The van der Waals surface area contributed by atoms with Crippen LogP contribution in [0.5, 0.6) is 5.75 Å². The molecule has 2 heterocycles. The predicted molar refractivity (Wildman–Crippen MR) is 100 cm³/mol. The summed E-state index contributed by atoms with van der Waals surface area (Å²) in [5.41, 5.74) is 0.341. The quantitative estimate of drug-likeness (QED) is 0.694. The lowest BCUT2D eigenvalue weighted by Crippen LogP contribution is -2.32. The molecule has 1 aromatic carbocycles. The maximum Gasteiger partial charge on any atom is 0.338 e. The van der Waals surface area contributed by atoms with Crippen LogP contribution >= 0.6 is 0 Å². The van der Waals surface area contributed by atoms with E-state index in [1.54, 1.807) is 44.2 Å². The van der Waals surface area contributed by atoms with Gasteiger partial charge in [-0.25, -0.2) is 4.79 Å². The van der Waals surface area contributed by atoms with Crippen molar-refractivity contribution in [2.75, 3.05) is 18.5 Å². The highest BCUT2D eigenvalue weighted by molar-refractivity contribution is 5.97. The number of carbonyl (C=O) groups is 2. The molecular weight excluding hydrogens is 364 g/mol. The molecule has 28 heavy (non-hydrogen) atoms. The number of hydrogen-bond acceptors (Lipinski definition) is 7. The van der Waals surface area contributed by atoms with Gasteiger partial charge in [0.25, 0.3) is 5.91 Å². The summed E-state index contributed by atoms with van der Waals surface area (Å²) in [6.07, 6.45) is 1.58. The van der Waals surface area contributed by atoms with E-state index in [1.165, 1.54) is 0 Å². The zero-order valence-corrected chi connectivity index (χ0v) is 16.0. The number of carbonyl (C=O) groups excluding carboxylic acids is 2. The Morgan fingerprint density at radius 1 is 1.32 bits per heavy atom. The molecule has 2 unspecified atom stereocenters. The highest BCUT2D eigenvalue weighted by atomic mass is 16.5.